The predicted molar refractivity (Wildman–Crippen MR) is 73.1 cm³/mol. The van der Waals surface area contributed by atoms with Crippen molar-refractivity contribution in [2.45, 2.75) is 32.4 Å². The van der Waals surface area contributed by atoms with Gasteiger partial charge in [0, 0.05) is 24.8 Å². The van der Waals surface area contributed by atoms with Gasteiger partial charge in [0.15, 0.2) is 0 Å². The first kappa shape index (κ1) is 12.9. The van der Waals surface area contributed by atoms with Gasteiger partial charge in [0.25, 0.3) is 0 Å². The lowest BCUT2D eigenvalue weighted by Gasteiger charge is -2.39. The molecule has 18 heavy (non-hydrogen) atoms. The lowest BCUT2D eigenvalue weighted by Crippen LogP contribution is -2.46. The topological polar surface area (TPSA) is 72.4 Å². The quantitative estimate of drug-likeness (QED) is 0.844. The number of rotatable bonds is 3. The summed E-state index contributed by atoms with van der Waals surface area (Å²) in [5.74, 6) is -0.246. The second kappa shape index (κ2) is 5.40. The minimum absolute atomic E-state index is 0.0490. The highest BCUT2D eigenvalue weighted by atomic mass is 16.1. The Labute approximate surface area is 108 Å². The van der Waals surface area contributed by atoms with E-state index >= 15 is 0 Å². The molecule has 4 N–H and O–H groups in total. The molecular weight excluding hydrogens is 226 g/mol. The molecule has 0 aliphatic carbocycles. The third-order valence-electron chi connectivity index (χ3n) is 3.81. The summed E-state index contributed by atoms with van der Waals surface area (Å²) in [6.07, 6.45) is 1.88. The highest BCUT2D eigenvalue weighted by Crippen LogP contribution is 2.29. The summed E-state index contributed by atoms with van der Waals surface area (Å²) in [5.41, 5.74) is 13.5. The fourth-order valence-electron chi connectivity index (χ4n) is 2.64. The Morgan fingerprint density at radius 3 is 2.78 bits per heavy atom. The number of carbonyl (C=O) groups excluding carboxylic acids is 1. The zero-order valence-electron chi connectivity index (χ0n) is 10.8. The van der Waals surface area contributed by atoms with E-state index in [0.717, 1.165) is 24.1 Å². The number of amides is 1. The second-order valence-corrected chi connectivity index (χ2v) is 5.01. The van der Waals surface area contributed by atoms with E-state index in [-0.39, 0.29) is 11.8 Å². The smallest absolute Gasteiger partial charge is 0.222 e. The molecule has 98 valence electrons. The summed E-state index contributed by atoms with van der Waals surface area (Å²) in [6, 6.07) is 8.53. The van der Waals surface area contributed by atoms with Gasteiger partial charge >= 0.3 is 0 Å². The van der Waals surface area contributed by atoms with Crippen LogP contribution in [0.15, 0.2) is 24.3 Å². The minimum atomic E-state index is -0.197. The Hall–Kier alpha value is -1.55. The summed E-state index contributed by atoms with van der Waals surface area (Å²) >= 11 is 0. The first-order chi connectivity index (χ1) is 8.63. The maximum absolute atomic E-state index is 11.4. The third kappa shape index (κ3) is 2.48. The Kier molecular flexibility index (Phi) is 3.87. The molecule has 4 nitrogen and oxygen atoms in total. The van der Waals surface area contributed by atoms with Crippen LogP contribution in [0, 0.1) is 5.92 Å². The van der Waals surface area contributed by atoms with Crippen molar-refractivity contribution in [2.24, 2.45) is 17.4 Å². The number of piperidine rings is 1. The van der Waals surface area contributed by atoms with E-state index < -0.39 is 0 Å². The van der Waals surface area contributed by atoms with Crippen molar-refractivity contribution in [3.8, 4) is 0 Å². The van der Waals surface area contributed by atoms with Crippen LogP contribution in [0.5, 0.6) is 0 Å². The lowest BCUT2D eigenvalue weighted by atomic mass is 9.92. The minimum Gasteiger partial charge on any atom is -0.369 e. The first-order valence-electron chi connectivity index (χ1n) is 6.47. The molecule has 0 spiro atoms. The molecule has 0 saturated carbocycles. The molecule has 1 saturated heterocycles. The van der Waals surface area contributed by atoms with Crippen molar-refractivity contribution in [3.63, 3.8) is 0 Å². The lowest BCUT2D eigenvalue weighted by molar-refractivity contribution is -0.122. The average molecular weight is 247 g/mol. The van der Waals surface area contributed by atoms with Crippen LogP contribution in [-0.4, -0.2) is 18.5 Å². The number of hydrogen-bond acceptors (Lipinski definition) is 3. The van der Waals surface area contributed by atoms with Gasteiger partial charge in [-0.05, 0) is 31.4 Å². The van der Waals surface area contributed by atoms with Crippen molar-refractivity contribution in [1.82, 2.24) is 0 Å². The van der Waals surface area contributed by atoms with Crippen LogP contribution < -0.4 is 16.4 Å². The molecule has 2 rings (SSSR count). The van der Waals surface area contributed by atoms with Gasteiger partial charge in [-0.15, -0.1) is 0 Å². The first-order valence-corrected chi connectivity index (χ1v) is 6.47. The van der Waals surface area contributed by atoms with Crippen molar-refractivity contribution >= 4 is 11.6 Å². The Morgan fingerprint density at radius 1 is 1.39 bits per heavy atom. The van der Waals surface area contributed by atoms with Gasteiger partial charge in [-0.1, -0.05) is 18.2 Å². The number of carbonyl (C=O) groups is 1. The summed E-state index contributed by atoms with van der Waals surface area (Å²) in [6.45, 7) is 3.40. The van der Waals surface area contributed by atoms with E-state index in [4.69, 9.17) is 11.5 Å². The van der Waals surface area contributed by atoms with Crippen LogP contribution in [0.25, 0.3) is 0 Å². The summed E-state index contributed by atoms with van der Waals surface area (Å²) < 4.78 is 0. The van der Waals surface area contributed by atoms with Gasteiger partial charge in [-0.2, -0.15) is 0 Å². The van der Waals surface area contributed by atoms with Crippen LogP contribution in [0.4, 0.5) is 5.69 Å². The van der Waals surface area contributed by atoms with Crippen LogP contribution >= 0.6 is 0 Å². The molecule has 1 heterocycles. The largest absolute Gasteiger partial charge is 0.369 e. The van der Waals surface area contributed by atoms with Gasteiger partial charge in [-0.3, -0.25) is 4.79 Å². The van der Waals surface area contributed by atoms with Gasteiger partial charge in [0.05, 0.1) is 5.92 Å². The molecule has 4 heteroatoms. The monoisotopic (exact) mass is 247 g/mol. The van der Waals surface area contributed by atoms with Crippen LogP contribution in [0.3, 0.4) is 0 Å². The van der Waals surface area contributed by atoms with E-state index in [9.17, 15) is 4.79 Å². The van der Waals surface area contributed by atoms with Gasteiger partial charge in [-0.25, -0.2) is 0 Å². The van der Waals surface area contributed by atoms with E-state index in [2.05, 4.69) is 17.9 Å². The predicted octanol–water partition coefficient (Wildman–Crippen LogP) is 1.24. The molecule has 1 aromatic carbocycles. The molecule has 1 aliphatic rings. The number of hydrogen-bond donors (Lipinski definition) is 2. The summed E-state index contributed by atoms with van der Waals surface area (Å²) in [7, 11) is 0. The standard InChI is InChI=1S/C14H21N3O/c1-10-6-7-12(14(16)18)9-17(10)13-5-3-2-4-11(13)8-15/h2-5,10,12H,6-9,15H2,1H3,(H2,16,18). The van der Waals surface area contributed by atoms with Crippen LogP contribution in [0.1, 0.15) is 25.3 Å². The maximum Gasteiger partial charge on any atom is 0.222 e. The number of benzene rings is 1. The Morgan fingerprint density at radius 2 is 2.11 bits per heavy atom. The Bertz CT molecular complexity index is 433. The van der Waals surface area contributed by atoms with E-state index in [1.54, 1.807) is 0 Å². The molecule has 1 aromatic rings. The Balaban J connectivity index is 2.26. The van der Waals surface area contributed by atoms with Gasteiger partial charge in [0.2, 0.25) is 5.91 Å². The summed E-state index contributed by atoms with van der Waals surface area (Å²) in [5, 5.41) is 0. The van der Waals surface area contributed by atoms with Crippen molar-refractivity contribution in [2.75, 3.05) is 11.4 Å². The van der Waals surface area contributed by atoms with Crippen molar-refractivity contribution in [3.05, 3.63) is 29.8 Å². The highest BCUT2D eigenvalue weighted by Gasteiger charge is 2.29. The maximum atomic E-state index is 11.4. The number of nitrogens with zero attached hydrogens (tertiary/aromatic N) is 1. The highest BCUT2D eigenvalue weighted by molar-refractivity contribution is 5.77. The average Bonchev–Trinajstić information content (AvgIpc) is 2.39. The fourth-order valence-corrected chi connectivity index (χ4v) is 2.64. The molecule has 2 unspecified atom stereocenters. The molecule has 1 aliphatic heterocycles. The molecule has 1 fully saturated rings. The number of nitrogens with two attached hydrogens (primary N) is 2. The normalized spacial score (nSPS) is 24.0. The number of para-hydroxylation sites is 1. The zero-order chi connectivity index (χ0) is 13.1. The molecule has 1 amide bonds. The third-order valence-corrected chi connectivity index (χ3v) is 3.81. The van der Waals surface area contributed by atoms with E-state index in [1.807, 2.05) is 18.2 Å². The fraction of sp³-hybridized carbons (Fsp3) is 0.500. The van der Waals surface area contributed by atoms with Crippen LogP contribution in [-0.2, 0) is 11.3 Å². The second-order valence-electron chi connectivity index (χ2n) is 5.01. The number of anilines is 1. The summed E-state index contributed by atoms with van der Waals surface area (Å²) in [4.78, 5) is 13.6. The molecule has 0 aromatic heterocycles. The molecule has 0 radical (unpaired) electrons. The van der Waals surface area contributed by atoms with Crippen molar-refractivity contribution in [1.29, 1.82) is 0 Å². The molecule has 2 atom stereocenters. The van der Waals surface area contributed by atoms with Crippen molar-refractivity contribution < 1.29 is 4.79 Å². The SMILES string of the molecule is CC1CCC(C(N)=O)CN1c1ccccc1CN. The molecular formula is C14H21N3O. The molecule has 0 bridgehead atoms. The van der Waals surface area contributed by atoms with E-state index in [0.29, 0.717) is 19.1 Å². The van der Waals surface area contributed by atoms with Gasteiger partial charge in [0.1, 0.15) is 0 Å². The number of primary amides is 1. The van der Waals surface area contributed by atoms with E-state index in [1.165, 1.54) is 0 Å². The van der Waals surface area contributed by atoms with Crippen LogP contribution in [0.2, 0.25) is 0 Å². The van der Waals surface area contributed by atoms with Gasteiger partial charge < -0.3 is 16.4 Å². The zero-order valence-corrected chi connectivity index (χ0v) is 10.8.